The molecule has 0 amide bonds. The minimum atomic E-state index is -1.63. The molecule has 0 bridgehead atoms. The van der Waals surface area contributed by atoms with Gasteiger partial charge in [0, 0.05) is 18.4 Å². The Morgan fingerprint density at radius 3 is 1.21 bits per heavy atom. The fourth-order valence-corrected chi connectivity index (χ4v) is 0.118. The Morgan fingerprint density at radius 2 is 1.21 bits per heavy atom. The summed E-state index contributed by atoms with van der Waals surface area (Å²) in [7, 11) is 0. The fraction of sp³-hybridized carbons (Fsp3) is 0.714. The molecule has 14 heavy (non-hydrogen) atoms. The number of rotatable bonds is 2. The molecule has 0 saturated heterocycles. The van der Waals surface area contributed by atoms with Crippen LogP contribution in [0.15, 0.2) is 0 Å². The fourth-order valence-electron chi connectivity index (χ4n) is 0.118. The van der Waals surface area contributed by atoms with Gasteiger partial charge in [-0.2, -0.15) is 0 Å². The summed E-state index contributed by atoms with van der Waals surface area (Å²) in [5, 5.41) is 18.6. The first kappa shape index (κ1) is 25.6. The van der Waals surface area contributed by atoms with Crippen molar-refractivity contribution in [1.82, 2.24) is 0 Å². The summed E-state index contributed by atoms with van der Waals surface area (Å²) in [6, 6.07) is 0. The number of carbonyl (C=O) groups is 2. The van der Waals surface area contributed by atoms with Crippen molar-refractivity contribution in [3.8, 4) is 0 Å². The number of hydrogen-bond donors (Lipinski definition) is 0. The molecule has 0 aliphatic carbocycles. The van der Waals surface area contributed by atoms with Crippen LogP contribution in [0.3, 0.4) is 0 Å². The molecule has 0 rings (SSSR count). The van der Waals surface area contributed by atoms with E-state index in [2.05, 4.69) is 38.5 Å². The number of carbonyl (C=O) groups excluding carboxylic acids is 2. The van der Waals surface area contributed by atoms with Crippen molar-refractivity contribution in [2.24, 2.45) is 0 Å². The zero-order chi connectivity index (χ0) is 10.4. The van der Waals surface area contributed by atoms with Crippen LogP contribution >= 0.6 is 0 Å². The second kappa shape index (κ2) is 13.9. The molecule has 0 saturated carbocycles. The Hall–Kier alpha value is 2.81. The van der Waals surface area contributed by atoms with Crippen LogP contribution in [-0.4, -0.2) is 29.7 Å². The third kappa shape index (κ3) is 60.9. The normalized spacial score (nSPS) is 8.36. The van der Waals surface area contributed by atoms with E-state index in [4.69, 9.17) is 0 Å². The van der Waals surface area contributed by atoms with Gasteiger partial charge in [0.05, 0.1) is 0 Å². The molecule has 66 valence electrons. The van der Waals surface area contributed by atoms with E-state index in [0.717, 1.165) is 0 Å². The molecular formula is C7H11K2LiO4. The molecule has 0 unspecified atom stereocenters. The van der Waals surface area contributed by atoms with Crippen molar-refractivity contribution >= 4 is 29.7 Å². The van der Waals surface area contributed by atoms with E-state index in [9.17, 15) is 19.8 Å². The van der Waals surface area contributed by atoms with Gasteiger partial charge < -0.3 is 19.8 Å². The summed E-state index contributed by atoms with van der Waals surface area (Å²) in [5.41, 5.74) is 0. The third-order valence-corrected chi connectivity index (χ3v) is 0.289. The van der Waals surface area contributed by atoms with Crippen LogP contribution in [0.1, 0.15) is 27.2 Å². The molecule has 7 heteroatoms. The Balaban J connectivity index is -0.0000000651. The zero-order valence-electron chi connectivity index (χ0n) is 9.84. The third-order valence-electron chi connectivity index (χ3n) is 0.289. The number of aliphatic carboxylic acids is 2. The summed E-state index contributed by atoms with van der Waals surface area (Å²) in [6.45, 7) is 6.56. The molecule has 0 atom stereocenters. The van der Waals surface area contributed by atoms with Crippen molar-refractivity contribution in [1.29, 1.82) is 0 Å². The van der Waals surface area contributed by atoms with E-state index in [1.165, 1.54) is 0 Å². The first-order chi connectivity index (χ1) is 5.13. The van der Waals surface area contributed by atoms with Crippen LogP contribution in [-0.2, 0) is 9.59 Å². The van der Waals surface area contributed by atoms with E-state index in [0.29, 0.717) is 4.09 Å². The molecule has 0 radical (unpaired) electrons. The molecule has 0 N–H and O–H groups in total. The second-order valence-corrected chi connectivity index (χ2v) is 3.92. The van der Waals surface area contributed by atoms with Gasteiger partial charge in [-0.15, -0.1) is 0 Å². The molecule has 0 aromatic heterocycles. The molecule has 0 fully saturated rings. The van der Waals surface area contributed by atoms with Gasteiger partial charge in [0.25, 0.3) is 0 Å². The quantitative estimate of drug-likeness (QED) is 0.357. The van der Waals surface area contributed by atoms with Crippen LogP contribution < -0.4 is 113 Å². The number of hydrogen-bond acceptors (Lipinski definition) is 4. The Morgan fingerprint density at radius 1 is 1.07 bits per heavy atom. The molecule has 0 heterocycles. The Kier molecular flexibility index (Phi) is 25.4. The summed E-state index contributed by atoms with van der Waals surface area (Å²) >= 11 is 2.19. The average molecular weight is 244 g/mol. The Bertz CT molecular complexity index is 150. The first-order valence-electron chi connectivity index (χ1n) is 3.52. The van der Waals surface area contributed by atoms with Gasteiger partial charge in [0.15, 0.2) is 0 Å². The summed E-state index contributed by atoms with van der Waals surface area (Å²) in [6.07, 6.45) is -1.03. The molecular weight excluding hydrogens is 233 g/mol. The van der Waals surface area contributed by atoms with E-state index < -0.39 is 18.4 Å². The van der Waals surface area contributed by atoms with Gasteiger partial charge in [-0.05, 0) is 0 Å². The first-order valence-corrected chi connectivity index (χ1v) is 3.52. The van der Waals surface area contributed by atoms with Crippen molar-refractivity contribution in [3.63, 3.8) is 0 Å². The molecule has 0 aliphatic rings. The summed E-state index contributed by atoms with van der Waals surface area (Å²) in [5.74, 6) is -3.25. The maximum atomic E-state index is 9.28. The SMILES string of the molecule is O=C([O-])CC(=O)[O-].[K+].[K+].[Li][C](C)(C)C. The van der Waals surface area contributed by atoms with Gasteiger partial charge in [-0.1, -0.05) is 0 Å². The van der Waals surface area contributed by atoms with Gasteiger partial charge >= 0.3 is 145 Å². The van der Waals surface area contributed by atoms with Crippen LogP contribution in [0.5, 0.6) is 0 Å². The zero-order valence-corrected chi connectivity index (χ0v) is 16.1. The predicted molar refractivity (Wildman–Crippen MR) is 40.1 cm³/mol. The Labute approximate surface area is 179 Å². The standard InChI is InChI=1S/C4H9.C3H4O4.2K.Li/c1-4(2)3;4-2(5)1-3(6)7;;;/h1-3H3;1H2,(H,4,5)(H,6,7);;;/q;;2*+1;/p-2. The molecule has 0 aliphatic heterocycles. The van der Waals surface area contributed by atoms with E-state index >= 15 is 0 Å². The summed E-state index contributed by atoms with van der Waals surface area (Å²) < 4.78 is 0.500. The van der Waals surface area contributed by atoms with Crippen LogP contribution in [0.25, 0.3) is 0 Å². The second-order valence-electron chi connectivity index (χ2n) is 3.92. The van der Waals surface area contributed by atoms with Gasteiger partial charge in [-0.3, -0.25) is 0 Å². The van der Waals surface area contributed by atoms with Gasteiger partial charge in [-0.25, -0.2) is 0 Å². The predicted octanol–water partition coefficient (Wildman–Crippen LogP) is -7.74. The van der Waals surface area contributed by atoms with E-state index in [-0.39, 0.29) is 103 Å². The molecule has 0 aromatic rings. The molecule has 0 aromatic carbocycles. The molecule has 4 nitrogen and oxygen atoms in total. The van der Waals surface area contributed by atoms with E-state index in [1.807, 2.05) is 0 Å². The van der Waals surface area contributed by atoms with Crippen LogP contribution in [0.4, 0.5) is 0 Å². The van der Waals surface area contributed by atoms with Crippen LogP contribution in [0.2, 0.25) is 4.09 Å². The van der Waals surface area contributed by atoms with Crippen molar-refractivity contribution in [3.05, 3.63) is 0 Å². The monoisotopic (exact) mass is 244 g/mol. The number of carboxylic acids is 2. The van der Waals surface area contributed by atoms with E-state index in [1.54, 1.807) is 0 Å². The summed E-state index contributed by atoms with van der Waals surface area (Å²) in [4.78, 5) is 18.6. The number of carboxylic acid groups (broad SMARTS) is 2. The molecule has 0 spiro atoms. The minimum absolute atomic E-state index is 0. The topological polar surface area (TPSA) is 80.3 Å². The van der Waals surface area contributed by atoms with Gasteiger partial charge in [0.1, 0.15) is 0 Å². The van der Waals surface area contributed by atoms with Crippen molar-refractivity contribution < 1.29 is 123 Å². The van der Waals surface area contributed by atoms with Crippen LogP contribution in [0, 0.1) is 0 Å². The van der Waals surface area contributed by atoms with Crippen molar-refractivity contribution in [2.45, 2.75) is 31.3 Å². The average Bonchev–Trinajstić information content (AvgIpc) is 1.52. The van der Waals surface area contributed by atoms with Crippen molar-refractivity contribution in [2.75, 3.05) is 0 Å². The maximum absolute atomic E-state index is 9.28. The van der Waals surface area contributed by atoms with Gasteiger partial charge in [0.2, 0.25) is 0 Å².